The van der Waals surface area contributed by atoms with Gasteiger partial charge in [-0.25, -0.2) is 8.42 Å². The van der Waals surface area contributed by atoms with Crippen LogP contribution in [0.15, 0.2) is 0 Å². The van der Waals surface area contributed by atoms with Gasteiger partial charge in [0.05, 0.1) is 26.1 Å². The lowest BCUT2D eigenvalue weighted by Gasteiger charge is -2.06. The molecule has 0 aliphatic heterocycles. The Morgan fingerprint density at radius 2 is 1.94 bits per heavy atom. The molecule has 0 saturated carbocycles. The lowest BCUT2D eigenvalue weighted by atomic mass is 10.3. The molecule has 0 spiro atoms. The molecule has 0 heterocycles. The van der Waals surface area contributed by atoms with Crippen LogP contribution in [0.4, 0.5) is 0 Å². The Bertz CT molecular complexity index is 289. The van der Waals surface area contributed by atoms with E-state index in [0.29, 0.717) is 6.61 Å². The third-order valence-electron chi connectivity index (χ3n) is 1.60. The molecule has 0 rings (SSSR count). The quantitative estimate of drug-likeness (QED) is 0.337. The molecule has 0 bridgehead atoms. The van der Waals surface area contributed by atoms with E-state index in [1.54, 1.807) is 0 Å². The fourth-order valence-electron chi connectivity index (χ4n) is 0.807. The van der Waals surface area contributed by atoms with Gasteiger partial charge in [0.25, 0.3) is 0 Å². The number of hydrogen-bond donors (Lipinski definition) is 1. The van der Waals surface area contributed by atoms with Gasteiger partial charge in [0.2, 0.25) is 10.0 Å². The zero-order valence-corrected chi connectivity index (χ0v) is 10.2. The number of nitrogens with one attached hydrogen (secondary N) is 1. The third kappa shape index (κ3) is 8.60. The number of esters is 1. The van der Waals surface area contributed by atoms with E-state index < -0.39 is 16.0 Å². The van der Waals surface area contributed by atoms with Gasteiger partial charge < -0.3 is 9.47 Å². The van der Waals surface area contributed by atoms with Crippen LogP contribution in [-0.2, 0) is 29.1 Å². The molecule has 0 aromatic heterocycles. The van der Waals surface area contributed by atoms with Crippen LogP contribution in [0.2, 0.25) is 0 Å². The van der Waals surface area contributed by atoms with Crippen LogP contribution >= 0.6 is 0 Å². The largest absolute Gasteiger partial charge is 0.469 e. The molecule has 7 nitrogen and oxygen atoms in total. The molecular weight excluding hydrogens is 238 g/mol. The summed E-state index contributed by atoms with van der Waals surface area (Å²) < 4.78 is 31.5. The van der Waals surface area contributed by atoms with Crippen molar-refractivity contribution in [2.24, 2.45) is 0 Å². The van der Waals surface area contributed by atoms with Crippen molar-refractivity contribution in [3.63, 3.8) is 0 Å². The van der Waals surface area contributed by atoms with Gasteiger partial charge in [0, 0.05) is 13.5 Å². The zero-order chi connectivity index (χ0) is 12.4. The van der Waals surface area contributed by atoms with Gasteiger partial charge in [0.15, 0.2) is 0 Å². The van der Waals surface area contributed by atoms with Gasteiger partial charge in [-0.15, -0.1) is 0 Å². The zero-order valence-electron chi connectivity index (χ0n) is 9.39. The normalized spacial score (nSPS) is 11.4. The minimum Gasteiger partial charge on any atom is -0.469 e. The van der Waals surface area contributed by atoms with Gasteiger partial charge in [-0.2, -0.15) is 0 Å². The van der Waals surface area contributed by atoms with E-state index in [0.717, 1.165) is 0 Å². The second-order valence-electron chi connectivity index (χ2n) is 2.92. The second-order valence-corrected chi connectivity index (χ2v) is 4.73. The number of rotatable bonds is 9. The lowest BCUT2D eigenvalue weighted by molar-refractivity contribution is -0.140. The molecule has 0 fully saturated rings. The first-order chi connectivity index (χ1) is 7.52. The summed E-state index contributed by atoms with van der Waals surface area (Å²) in [5.41, 5.74) is 0. The monoisotopic (exact) mass is 255 g/mol. The molecule has 16 heavy (non-hydrogen) atoms. The lowest BCUT2D eigenvalue weighted by Crippen LogP contribution is -2.28. The van der Waals surface area contributed by atoms with Gasteiger partial charge in [0.1, 0.15) is 0 Å². The first-order valence-electron chi connectivity index (χ1n) is 4.69. The van der Waals surface area contributed by atoms with Gasteiger partial charge >= 0.3 is 5.97 Å². The van der Waals surface area contributed by atoms with E-state index in [-0.39, 0.29) is 25.2 Å². The highest BCUT2D eigenvalue weighted by Crippen LogP contribution is 1.96. The van der Waals surface area contributed by atoms with Crippen LogP contribution in [0.5, 0.6) is 0 Å². The number of methoxy groups -OCH3 is 2. The van der Waals surface area contributed by atoms with Crippen molar-refractivity contribution < 1.29 is 27.5 Å². The van der Waals surface area contributed by atoms with Crippen LogP contribution in [-0.4, -0.2) is 47.6 Å². The van der Waals surface area contributed by atoms with E-state index >= 15 is 0 Å². The summed E-state index contributed by atoms with van der Waals surface area (Å²) in [5.74, 6) is -0.620. The fraction of sp³-hybridized carbons (Fsp3) is 0.875. The maximum Gasteiger partial charge on any atom is 0.305 e. The molecule has 0 aromatic rings. The number of hydrogen-bond acceptors (Lipinski definition) is 6. The molecule has 0 radical (unpaired) electrons. The molecule has 8 heteroatoms. The summed E-state index contributed by atoms with van der Waals surface area (Å²) in [6, 6.07) is 0. The van der Waals surface area contributed by atoms with E-state index in [1.165, 1.54) is 14.2 Å². The third-order valence-corrected chi connectivity index (χ3v) is 2.79. The van der Waals surface area contributed by atoms with Crippen molar-refractivity contribution >= 4 is 16.0 Å². The van der Waals surface area contributed by atoms with Crippen LogP contribution in [0.1, 0.15) is 12.8 Å². The highest BCUT2D eigenvalue weighted by molar-refractivity contribution is 7.89. The predicted octanol–water partition coefficient (Wildman–Crippen LogP) is -0.563. The minimum atomic E-state index is -3.50. The molecule has 0 unspecified atom stereocenters. The van der Waals surface area contributed by atoms with Crippen molar-refractivity contribution in [3.05, 3.63) is 0 Å². The van der Waals surface area contributed by atoms with Crippen LogP contribution in [0, 0.1) is 0 Å². The molecule has 0 saturated heterocycles. The average molecular weight is 255 g/mol. The Labute approximate surface area is 95.1 Å². The van der Waals surface area contributed by atoms with Crippen LogP contribution in [0.25, 0.3) is 0 Å². The molecule has 0 amide bonds. The number of sulfonamides is 1. The summed E-state index contributed by atoms with van der Waals surface area (Å²) in [4.78, 5) is 17.3. The summed E-state index contributed by atoms with van der Waals surface area (Å²) in [6.07, 6.45) is 0.255. The molecule has 0 aliphatic carbocycles. The van der Waals surface area contributed by atoms with E-state index in [1.807, 2.05) is 4.89 Å². The number of carbonyl (C=O) groups is 1. The van der Waals surface area contributed by atoms with Crippen molar-refractivity contribution in [3.8, 4) is 0 Å². The molecule has 1 N–H and O–H groups in total. The molecule has 0 atom stereocenters. The summed E-state index contributed by atoms with van der Waals surface area (Å²) >= 11 is 0. The smallest absolute Gasteiger partial charge is 0.305 e. The van der Waals surface area contributed by atoms with E-state index in [4.69, 9.17) is 0 Å². The SMILES string of the molecule is COCCONS(=O)(=O)CCCC(=O)OC. The molecular formula is C8H17NO6S. The van der Waals surface area contributed by atoms with Crippen molar-refractivity contribution in [1.82, 2.24) is 4.89 Å². The Hall–Kier alpha value is -0.700. The summed E-state index contributed by atoms with van der Waals surface area (Å²) in [6.45, 7) is 0.428. The van der Waals surface area contributed by atoms with Gasteiger partial charge in [-0.1, -0.05) is 4.89 Å². The molecule has 96 valence electrons. The molecule has 0 aliphatic rings. The summed E-state index contributed by atoms with van der Waals surface area (Å²) in [7, 11) is -0.768. The van der Waals surface area contributed by atoms with Crippen molar-refractivity contribution in [1.29, 1.82) is 0 Å². The van der Waals surface area contributed by atoms with Crippen molar-refractivity contribution in [2.75, 3.05) is 33.2 Å². The second kappa shape index (κ2) is 8.45. The van der Waals surface area contributed by atoms with Crippen LogP contribution < -0.4 is 4.89 Å². The van der Waals surface area contributed by atoms with E-state index in [9.17, 15) is 13.2 Å². The Morgan fingerprint density at radius 1 is 1.25 bits per heavy atom. The summed E-state index contributed by atoms with van der Waals surface area (Å²) in [5, 5.41) is 0. The minimum absolute atomic E-state index is 0.0650. The Balaban J connectivity index is 3.66. The predicted molar refractivity (Wildman–Crippen MR) is 56.0 cm³/mol. The highest BCUT2D eigenvalue weighted by Gasteiger charge is 2.11. The first-order valence-corrected chi connectivity index (χ1v) is 6.34. The number of ether oxygens (including phenoxy) is 2. The fourth-order valence-corrected chi connectivity index (χ4v) is 1.68. The van der Waals surface area contributed by atoms with Gasteiger partial charge in [-0.3, -0.25) is 9.63 Å². The maximum absolute atomic E-state index is 11.2. The Morgan fingerprint density at radius 3 is 2.50 bits per heavy atom. The number of carbonyl (C=O) groups excluding carboxylic acids is 1. The van der Waals surface area contributed by atoms with Gasteiger partial charge in [-0.05, 0) is 6.42 Å². The van der Waals surface area contributed by atoms with Crippen LogP contribution in [0.3, 0.4) is 0 Å². The standard InChI is InChI=1S/C8H17NO6S/c1-13-5-6-15-9-16(11,12)7-3-4-8(10)14-2/h9H,3-7H2,1-2H3. The molecule has 0 aromatic carbocycles. The van der Waals surface area contributed by atoms with Crippen molar-refractivity contribution in [2.45, 2.75) is 12.8 Å². The Kier molecular flexibility index (Phi) is 8.08. The highest BCUT2D eigenvalue weighted by atomic mass is 32.2. The maximum atomic E-state index is 11.2. The van der Waals surface area contributed by atoms with E-state index in [2.05, 4.69) is 14.3 Å². The topological polar surface area (TPSA) is 90.9 Å². The average Bonchev–Trinajstić information content (AvgIpc) is 2.24. The first kappa shape index (κ1) is 15.3.